The summed E-state index contributed by atoms with van der Waals surface area (Å²) in [6.45, 7) is 8.21. The molecule has 0 aromatic carbocycles. The molecule has 1 N–H and O–H groups in total. The molecule has 1 unspecified atom stereocenters. The zero-order valence-corrected chi connectivity index (χ0v) is 10.0. The van der Waals surface area contributed by atoms with E-state index in [0.717, 1.165) is 19.4 Å². The van der Waals surface area contributed by atoms with E-state index in [0.29, 0.717) is 25.9 Å². The number of ether oxygens (including phenoxy) is 2. The van der Waals surface area contributed by atoms with Gasteiger partial charge in [0.2, 0.25) is 0 Å². The van der Waals surface area contributed by atoms with Crippen LogP contribution < -0.4 is 5.32 Å². The number of nitrogens with one attached hydrogen (secondary N) is 1. The Balaban J connectivity index is 3.24. The summed E-state index contributed by atoms with van der Waals surface area (Å²) in [7, 11) is 0. The molecule has 0 aliphatic heterocycles. The summed E-state index contributed by atoms with van der Waals surface area (Å²) >= 11 is 0. The van der Waals surface area contributed by atoms with Gasteiger partial charge in [-0.05, 0) is 19.4 Å². The number of esters is 1. The van der Waals surface area contributed by atoms with Crippen LogP contribution in [0.2, 0.25) is 0 Å². The largest absolute Gasteiger partial charge is 0.463 e. The number of carbonyl (C=O) groups excluding carboxylic acids is 1. The fourth-order valence-electron chi connectivity index (χ4n) is 1.31. The Hall–Kier alpha value is -0.610. The third-order valence-corrected chi connectivity index (χ3v) is 2.13. The van der Waals surface area contributed by atoms with Crippen LogP contribution in [-0.2, 0) is 14.3 Å². The standard InChI is InChI=1S/C11H23NO3/c1-4-11(12-5-2)6-7-14-8-9-15-10(3)13/h11-12H,4-9H2,1-3H3. The first-order valence-electron chi connectivity index (χ1n) is 5.65. The van der Waals surface area contributed by atoms with Gasteiger partial charge in [-0.1, -0.05) is 13.8 Å². The number of carbonyl (C=O) groups is 1. The van der Waals surface area contributed by atoms with Crippen LogP contribution in [-0.4, -0.2) is 38.4 Å². The summed E-state index contributed by atoms with van der Waals surface area (Å²) in [5, 5.41) is 3.38. The fraction of sp³-hybridized carbons (Fsp3) is 0.909. The van der Waals surface area contributed by atoms with Crippen molar-refractivity contribution >= 4 is 5.97 Å². The predicted octanol–water partition coefficient (Wildman–Crippen LogP) is 1.34. The molecular weight excluding hydrogens is 194 g/mol. The Morgan fingerprint density at radius 3 is 2.53 bits per heavy atom. The van der Waals surface area contributed by atoms with Crippen molar-refractivity contribution in [2.45, 2.75) is 39.7 Å². The van der Waals surface area contributed by atoms with E-state index in [4.69, 9.17) is 9.47 Å². The van der Waals surface area contributed by atoms with Crippen LogP contribution in [0.4, 0.5) is 0 Å². The summed E-state index contributed by atoms with van der Waals surface area (Å²) in [5.74, 6) is -0.252. The Kier molecular flexibility index (Phi) is 9.52. The van der Waals surface area contributed by atoms with E-state index in [1.807, 2.05) is 0 Å². The maximum atomic E-state index is 10.4. The van der Waals surface area contributed by atoms with Gasteiger partial charge in [-0.3, -0.25) is 4.79 Å². The molecule has 0 heterocycles. The Morgan fingerprint density at radius 2 is 2.00 bits per heavy atom. The average molecular weight is 217 g/mol. The highest BCUT2D eigenvalue weighted by Gasteiger charge is 2.03. The number of hydrogen-bond acceptors (Lipinski definition) is 4. The Labute approximate surface area is 92.3 Å². The van der Waals surface area contributed by atoms with Gasteiger partial charge in [0.1, 0.15) is 6.61 Å². The maximum Gasteiger partial charge on any atom is 0.302 e. The molecule has 0 aromatic heterocycles. The van der Waals surface area contributed by atoms with Gasteiger partial charge in [0, 0.05) is 19.6 Å². The van der Waals surface area contributed by atoms with Crippen LogP contribution in [0, 0.1) is 0 Å². The highest BCUT2D eigenvalue weighted by atomic mass is 16.6. The summed E-state index contributed by atoms with van der Waals surface area (Å²) in [4.78, 5) is 10.4. The Bertz CT molecular complexity index is 162. The molecule has 0 aliphatic carbocycles. The van der Waals surface area contributed by atoms with Crippen molar-refractivity contribution < 1.29 is 14.3 Å². The van der Waals surface area contributed by atoms with E-state index in [1.165, 1.54) is 6.92 Å². The van der Waals surface area contributed by atoms with Crippen molar-refractivity contribution in [1.82, 2.24) is 5.32 Å². The molecule has 4 nitrogen and oxygen atoms in total. The first kappa shape index (κ1) is 14.4. The van der Waals surface area contributed by atoms with Gasteiger partial charge in [-0.25, -0.2) is 0 Å². The Morgan fingerprint density at radius 1 is 1.27 bits per heavy atom. The number of rotatable bonds is 9. The molecule has 0 saturated carbocycles. The van der Waals surface area contributed by atoms with Crippen LogP contribution in [0.1, 0.15) is 33.6 Å². The van der Waals surface area contributed by atoms with E-state index in [-0.39, 0.29) is 5.97 Å². The lowest BCUT2D eigenvalue weighted by atomic mass is 10.1. The second-order valence-electron chi connectivity index (χ2n) is 3.40. The van der Waals surface area contributed by atoms with Crippen molar-refractivity contribution in [3.63, 3.8) is 0 Å². The molecular formula is C11H23NO3. The van der Waals surface area contributed by atoms with Crippen molar-refractivity contribution in [3.8, 4) is 0 Å². The second-order valence-corrected chi connectivity index (χ2v) is 3.40. The van der Waals surface area contributed by atoms with Crippen molar-refractivity contribution in [3.05, 3.63) is 0 Å². The fourth-order valence-corrected chi connectivity index (χ4v) is 1.31. The molecule has 0 saturated heterocycles. The van der Waals surface area contributed by atoms with E-state index >= 15 is 0 Å². The molecule has 15 heavy (non-hydrogen) atoms. The summed E-state index contributed by atoms with van der Waals surface area (Å²) in [6.07, 6.45) is 2.12. The minimum absolute atomic E-state index is 0.252. The molecule has 0 rings (SSSR count). The molecule has 90 valence electrons. The van der Waals surface area contributed by atoms with Gasteiger partial charge in [0.25, 0.3) is 0 Å². The summed E-state index contributed by atoms with van der Waals surface area (Å²) in [5.41, 5.74) is 0. The quantitative estimate of drug-likeness (QED) is 0.468. The normalized spacial score (nSPS) is 12.5. The molecule has 0 spiro atoms. The molecule has 0 bridgehead atoms. The minimum atomic E-state index is -0.252. The first-order chi connectivity index (χ1) is 7.20. The molecule has 0 fully saturated rings. The zero-order valence-electron chi connectivity index (χ0n) is 10.0. The van der Waals surface area contributed by atoms with Gasteiger partial charge in [0.15, 0.2) is 0 Å². The molecule has 0 aromatic rings. The highest BCUT2D eigenvalue weighted by molar-refractivity contribution is 5.65. The lowest BCUT2D eigenvalue weighted by Crippen LogP contribution is -2.29. The SMILES string of the molecule is CCNC(CC)CCOCCOC(C)=O. The van der Waals surface area contributed by atoms with E-state index in [9.17, 15) is 4.79 Å². The predicted molar refractivity (Wildman–Crippen MR) is 59.8 cm³/mol. The average Bonchev–Trinajstić information content (AvgIpc) is 2.21. The van der Waals surface area contributed by atoms with Gasteiger partial charge >= 0.3 is 5.97 Å². The second kappa shape index (κ2) is 9.93. The van der Waals surface area contributed by atoms with Crippen molar-refractivity contribution in [2.75, 3.05) is 26.4 Å². The lowest BCUT2D eigenvalue weighted by Gasteiger charge is -2.15. The van der Waals surface area contributed by atoms with Gasteiger partial charge < -0.3 is 14.8 Å². The number of hydrogen-bond donors (Lipinski definition) is 1. The smallest absolute Gasteiger partial charge is 0.302 e. The monoisotopic (exact) mass is 217 g/mol. The molecule has 0 aliphatic rings. The topological polar surface area (TPSA) is 47.6 Å². The molecule has 0 radical (unpaired) electrons. The van der Waals surface area contributed by atoms with Crippen molar-refractivity contribution in [1.29, 1.82) is 0 Å². The van der Waals surface area contributed by atoms with Gasteiger partial charge in [0.05, 0.1) is 6.61 Å². The molecule has 4 heteroatoms. The highest BCUT2D eigenvalue weighted by Crippen LogP contribution is 1.97. The zero-order chi connectivity index (χ0) is 11.5. The van der Waals surface area contributed by atoms with E-state index < -0.39 is 0 Å². The summed E-state index contributed by atoms with van der Waals surface area (Å²) in [6, 6.07) is 0.531. The van der Waals surface area contributed by atoms with Crippen LogP contribution in [0.15, 0.2) is 0 Å². The lowest BCUT2D eigenvalue weighted by molar-refractivity contribution is -0.142. The van der Waals surface area contributed by atoms with Crippen LogP contribution in [0.25, 0.3) is 0 Å². The van der Waals surface area contributed by atoms with Gasteiger partial charge in [-0.15, -0.1) is 0 Å². The van der Waals surface area contributed by atoms with E-state index in [1.54, 1.807) is 0 Å². The minimum Gasteiger partial charge on any atom is -0.463 e. The van der Waals surface area contributed by atoms with Crippen LogP contribution >= 0.6 is 0 Å². The third-order valence-electron chi connectivity index (χ3n) is 2.13. The van der Waals surface area contributed by atoms with Crippen molar-refractivity contribution in [2.24, 2.45) is 0 Å². The summed E-state index contributed by atoms with van der Waals surface area (Å²) < 4.78 is 10.1. The van der Waals surface area contributed by atoms with E-state index in [2.05, 4.69) is 19.2 Å². The molecule has 1 atom stereocenters. The van der Waals surface area contributed by atoms with Gasteiger partial charge in [-0.2, -0.15) is 0 Å². The maximum absolute atomic E-state index is 10.4. The van der Waals surface area contributed by atoms with Crippen LogP contribution in [0.3, 0.4) is 0 Å². The third kappa shape index (κ3) is 9.69. The molecule has 0 amide bonds. The first-order valence-corrected chi connectivity index (χ1v) is 5.65. The van der Waals surface area contributed by atoms with Crippen LogP contribution in [0.5, 0.6) is 0 Å².